The Bertz CT molecular complexity index is 626. The van der Waals surface area contributed by atoms with Crippen molar-refractivity contribution < 1.29 is 14.9 Å². The van der Waals surface area contributed by atoms with Crippen LogP contribution in [0.15, 0.2) is 47.0 Å². The van der Waals surface area contributed by atoms with Crippen LogP contribution in [-0.4, -0.2) is 21.4 Å². The molecule has 0 amide bonds. The number of hydrogen-bond acceptors (Lipinski definition) is 3. The summed E-state index contributed by atoms with van der Waals surface area (Å²) >= 11 is 0. The lowest BCUT2D eigenvalue weighted by Crippen LogP contribution is -2.31. The summed E-state index contributed by atoms with van der Waals surface area (Å²) in [5.41, 5.74) is 0.883. The quantitative estimate of drug-likeness (QED) is 0.297. The standard InChI is InChI=1S/C28H46O3/c1-5-9-13-23-17-25(21-27(29,19-23)15-11-7-3)31-26-18-24(14-10-6-2)20-28(30,22-26)16-12-8-4/h17-18,21-22,29-30H,5-16,19-20H2,1-4H3. The second-order valence-corrected chi connectivity index (χ2v) is 9.78. The van der Waals surface area contributed by atoms with E-state index in [1.54, 1.807) is 0 Å². The topological polar surface area (TPSA) is 49.7 Å². The van der Waals surface area contributed by atoms with Gasteiger partial charge in [0, 0.05) is 12.8 Å². The molecule has 0 spiro atoms. The molecule has 3 heteroatoms. The smallest absolute Gasteiger partial charge is 0.126 e. The summed E-state index contributed by atoms with van der Waals surface area (Å²) in [5.74, 6) is 1.46. The van der Waals surface area contributed by atoms with Gasteiger partial charge in [0.1, 0.15) is 11.5 Å². The van der Waals surface area contributed by atoms with Crippen molar-refractivity contribution in [2.45, 2.75) is 129 Å². The van der Waals surface area contributed by atoms with E-state index in [2.05, 4.69) is 39.8 Å². The second kappa shape index (κ2) is 12.6. The van der Waals surface area contributed by atoms with Crippen molar-refractivity contribution in [3.8, 4) is 0 Å². The molecule has 0 aliphatic heterocycles. The molecule has 0 aromatic rings. The molecule has 0 bridgehead atoms. The molecular formula is C28H46O3. The van der Waals surface area contributed by atoms with Crippen LogP contribution in [0, 0.1) is 0 Å². The third-order valence-corrected chi connectivity index (χ3v) is 6.45. The lowest BCUT2D eigenvalue weighted by molar-refractivity contribution is 0.0672. The van der Waals surface area contributed by atoms with Gasteiger partial charge in [-0.3, -0.25) is 0 Å². The lowest BCUT2D eigenvalue weighted by Gasteiger charge is -2.33. The van der Waals surface area contributed by atoms with Crippen LogP contribution < -0.4 is 0 Å². The predicted molar refractivity (Wildman–Crippen MR) is 131 cm³/mol. The summed E-state index contributed by atoms with van der Waals surface area (Å²) in [4.78, 5) is 0. The molecule has 2 aliphatic rings. The molecule has 0 saturated carbocycles. The Morgan fingerprint density at radius 1 is 0.677 bits per heavy atom. The van der Waals surface area contributed by atoms with Gasteiger partial charge in [-0.2, -0.15) is 0 Å². The molecule has 0 saturated heterocycles. The monoisotopic (exact) mass is 430 g/mol. The van der Waals surface area contributed by atoms with Gasteiger partial charge in [-0.1, -0.05) is 77.4 Å². The summed E-state index contributed by atoms with van der Waals surface area (Å²) in [5, 5.41) is 22.6. The summed E-state index contributed by atoms with van der Waals surface area (Å²) in [7, 11) is 0. The lowest BCUT2D eigenvalue weighted by atomic mass is 9.82. The van der Waals surface area contributed by atoms with E-state index in [1.165, 1.54) is 11.1 Å². The highest BCUT2D eigenvalue weighted by molar-refractivity contribution is 5.35. The first-order valence-corrected chi connectivity index (χ1v) is 12.8. The summed E-state index contributed by atoms with van der Waals surface area (Å²) < 4.78 is 6.35. The van der Waals surface area contributed by atoms with Crippen molar-refractivity contribution in [2.75, 3.05) is 0 Å². The maximum absolute atomic E-state index is 11.3. The molecule has 2 aliphatic carbocycles. The highest BCUT2D eigenvalue weighted by Gasteiger charge is 2.32. The zero-order valence-corrected chi connectivity index (χ0v) is 20.5. The minimum absolute atomic E-state index is 0.705. The summed E-state index contributed by atoms with van der Waals surface area (Å²) in [6.07, 6.45) is 21.7. The fourth-order valence-corrected chi connectivity index (χ4v) is 4.68. The van der Waals surface area contributed by atoms with Crippen LogP contribution in [0.25, 0.3) is 0 Å². The van der Waals surface area contributed by atoms with Crippen molar-refractivity contribution in [3.63, 3.8) is 0 Å². The molecule has 0 fully saturated rings. The second-order valence-electron chi connectivity index (χ2n) is 9.78. The molecule has 2 atom stereocenters. The van der Waals surface area contributed by atoms with Crippen LogP contribution in [0.5, 0.6) is 0 Å². The Labute approximate surface area is 191 Å². The first kappa shape index (κ1) is 25.9. The number of unbranched alkanes of at least 4 members (excludes halogenated alkanes) is 4. The normalized spacial score (nSPS) is 26.1. The molecule has 0 radical (unpaired) electrons. The Kier molecular flexibility index (Phi) is 10.6. The first-order valence-electron chi connectivity index (χ1n) is 12.8. The van der Waals surface area contributed by atoms with E-state index in [0.717, 1.165) is 88.6 Å². The first-order chi connectivity index (χ1) is 14.8. The molecular weight excluding hydrogens is 384 g/mol. The van der Waals surface area contributed by atoms with Gasteiger partial charge in [-0.25, -0.2) is 0 Å². The SMILES string of the molecule is CCCCC1=CC(OC2=CC(O)(CCCC)CC(CCCC)=C2)=CC(O)(CCCC)C1. The molecule has 2 rings (SSSR count). The largest absolute Gasteiger partial charge is 0.458 e. The Hall–Kier alpha value is -1.32. The van der Waals surface area contributed by atoms with Gasteiger partial charge >= 0.3 is 0 Å². The van der Waals surface area contributed by atoms with Crippen molar-refractivity contribution in [1.29, 1.82) is 0 Å². The Morgan fingerprint density at radius 3 is 1.42 bits per heavy atom. The zero-order chi connectivity index (χ0) is 22.7. The highest BCUT2D eigenvalue weighted by atomic mass is 16.5. The van der Waals surface area contributed by atoms with E-state index in [-0.39, 0.29) is 0 Å². The van der Waals surface area contributed by atoms with Gasteiger partial charge in [0.15, 0.2) is 0 Å². The molecule has 0 aromatic carbocycles. The van der Waals surface area contributed by atoms with E-state index in [4.69, 9.17) is 4.74 Å². The minimum atomic E-state index is -0.828. The van der Waals surface area contributed by atoms with Crippen LogP contribution >= 0.6 is 0 Å². The zero-order valence-electron chi connectivity index (χ0n) is 20.5. The fraction of sp³-hybridized carbons (Fsp3) is 0.714. The third-order valence-electron chi connectivity index (χ3n) is 6.45. The van der Waals surface area contributed by atoms with Crippen molar-refractivity contribution in [2.24, 2.45) is 0 Å². The van der Waals surface area contributed by atoms with E-state index >= 15 is 0 Å². The van der Waals surface area contributed by atoms with E-state index in [0.29, 0.717) is 12.8 Å². The molecule has 2 N–H and O–H groups in total. The highest BCUT2D eigenvalue weighted by Crippen LogP contribution is 2.37. The van der Waals surface area contributed by atoms with Gasteiger partial charge in [0.2, 0.25) is 0 Å². The van der Waals surface area contributed by atoms with Crippen LogP contribution in [0.4, 0.5) is 0 Å². The predicted octanol–water partition coefficient (Wildman–Crippen LogP) is 7.65. The van der Waals surface area contributed by atoms with E-state index < -0.39 is 11.2 Å². The number of hydrogen-bond donors (Lipinski definition) is 2. The molecule has 0 heterocycles. The summed E-state index contributed by atoms with van der Waals surface area (Å²) in [6, 6.07) is 0. The van der Waals surface area contributed by atoms with Gasteiger partial charge < -0.3 is 14.9 Å². The summed E-state index contributed by atoms with van der Waals surface area (Å²) in [6.45, 7) is 8.72. The maximum atomic E-state index is 11.3. The van der Waals surface area contributed by atoms with Gasteiger partial charge in [0.05, 0.1) is 11.2 Å². The van der Waals surface area contributed by atoms with Gasteiger partial charge in [-0.15, -0.1) is 0 Å². The van der Waals surface area contributed by atoms with Crippen molar-refractivity contribution >= 4 is 0 Å². The van der Waals surface area contributed by atoms with E-state index in [1.807, 2.05) is 12.2 Å². The molecule has 3 nitrogen and oxygen atoms in total. The molecule has 2 unspecified atom stereocenters. The average molecular weight is 431 g/mol. The van der Waals surface area contributed by atoms with Crippen LogP contribution in [0.1, 0.15) is 118 Å². The van der Waals surface area contributed by atoms with Gasteiger partial charge in [-0.05, 0) is 62.8 Å². The molecule has 0 aromatic heterocycles. The van der Waals surface area contributed by atoms with Crippen LogP contribution in [-0.2, 0) is 4.74 Å². The van der Waals surface area contributed by atoms with E-state index in [9.17, 15) is 10.2 Å². The molecule has 31 heavy (non-hydrogen) atoms. The number of ether oxygens (including phenoxy) is 1. The van der Waals surface area contributed by atoms with Gasteiger partial charge in [0.25, 0.3) is 0 Å². The maximum Gasteiger partial charge on any atom is 0.126 e. The Morgan fingerprint density at radius 2 is 1.06 bits per heavy atom. The Balaban J connectivity index is 2.27. The molecule has 176 valence electrons. The fourth-order valence-electron chi connectivity index (χ4n) is 4.68. The van der Waals surface area contributed by atoms with Crippen molar-refractivity contribution in [1.82, 2.24) is 0 Å². The average Bonchev–Trinajstić information content (AvgIpc) is 2.73. The number of allylic oxidation sites excluding steroid dienone is 2. The van der Waals surface area contributed by atoms with Crippen LogP contribution in [0.2, 0.25) is 0 Å². The van der Waals surface area contributed by atoms with Crippen LogP contribution in [0.3, 0.4) is 0 Å². The van der Waals surface area contributed by atoms with Crippen molar-refractivity contribution in [3.05, 3.63) is 47.0 Å². The minimum Gasteiger partial charge on any atom is -0.458 e. The number of aliphatic hydroxyl groups is 2. The third kappa shape index (κ3) is 8.61. The number of rotatable bonds is 14.